The fourth-order valence-corrected chi connectivity index (χ4v) is 3.12. The Morgan fingerprint density at radius 1 is 1.36 bits per heavy atom. The first-order valence-corrected chi connectivity index (χ1v) is 8.94. The molecule has 2 aromatic rings. The number of nitrogens with zero attached hydrogens (tertiary/aromatic N) is 6. The van der Waals surface area contributed by atoms with Gasteiger partial charge in [0, 0.05) is 64.8 Å². The van der Waals surface area contributed by atoms with Crippen molar-refractivity contribution >= 4 is 11.8 Å². The van der Waals surface area contributed by atoms with E-state index in [9.17, 15) is 9.18 Å². The molecule has 1 aliphatic rings. The molecule has 0 saturated carbocycles. The van der Waals surface area contributed by atoms with Gasteiger partial charge in [0.1, 0.15) is 5.82 Å². The van der Waals surface area contributed by atoms with E-state index in [4.69, 9.17) is 5.26 Å². The lowest BCUT2D eigenvalue weighted by Crippen LogP contribution is -2.53. The van der Waals surface area contributed by atoms with E-state index < -0.39 is 0 Å². The van der Waals surface area contributed by atoms with Gasteiger partial charge in [-0.25, -0.2) is 9.37 Å². The van der Waals surface area contributed by atoms with Crippen LogP contribution in [0.15, 0.2) is 40.4 Å². The van der Waals surface area contributed by atoms with Gasteiger partial charge in [-0.2, -0.15) is 5.26 Å². The fraction of sp³-hybridized carbons (Fsp3) is 0.368. The maximum absolute atomic E-state index is 14.0. The Morgan fingerprint density at radius 2 is 2.11 bits per heavy atom. The summed E-state index contributed by atoms with van der Waals surface area (Å²) in [6.45, 7) is 2.80. The summed E-state index contributed by atoms with van der Waals surface area (Å²) in [6, 6.07) is 6.30. The lowest BCUT2D eigenvalue weighted by molar-refractivity contribution is 0.370. The molecule has 0 bridgehead atoms. The van der Waals surface area contributed by atoms with Crippen molar-refractivity contribution in [3.05, 3.63) is 57.9 Å². The van der Waals surface area contributed by atoms with Crippen LogP contribution in [-0.2, 0) is 13.6 Å². The van der Waals surface area contributed by atoms with E-state index in [-0.39, 0.29) is 17.9 Å². The normalized spacial score (nSPS) is 14.7. The molecule has 0 unspecified atom stereocenters. The van der Waals surface area contributed by atoms with Gasteiger partial charge in [-0.15, -0.1) is 0 Å². The summed E-state index contributed by atoms with van der Waals surface area (Å²) in [7, 11) is 3.38. The molecule has 0 radical (unpaired) electrons. The van der Waals surface area contributed by atoms with E-state index >= 15 is 0 Å². The second-order valence-corrected chi connectivity index (χ2v) is 6.46. The summed E-state index contributed by atoms with van der Waals surface area (Å²) in [5, 5.41) is 12.1. The fourth-order valence-electron chi connectivity index (χ4n) is 3.12. The average Bonchev–Trinajstić information content (AvgIpc) is 2.72. The minimum Gasteiger partial charge on any atom is -0.352 e. The smallest absolute Gasteiger partial charge is 0.293 e. The minimum atomic E-state index is -0.363. The average molecular weight is 383 g/mol. The molecular formula is C19H22FN7O. The predicted molar refractivity (Wildman–Crippen MR) is 105 cm³/mol. The van der Waals surface area contributed by atoms with Gasteiger partial charge in [0.2, 0.25) is 0 Å². The molecule has 1 aliphatic heterocycles. The number of anilines is 1. The molecule has 9 heteroatoms. The number of benzene rings is 1. The highest BCUT2D eigenvalue weighted by Crippen LogP contribution is 2.11. The van der Waals surface area contributed by atoms with Crippen LogP contribution in [0.3, 0.4) is 0 Å². The lowest BCUT2D eigenvalue weighted by atomic mass is 10.1. The summed E-state index contributed by atoms with van der Waals surface area (Å²) >= 11 is 0. The van der Waals surface area contributed by atoms with Crippen molar-refractivity contribution in [3.8, 4) is 6.07 Å². The summed E-state index contributed by atoms with van der Waals surface area (Å²) in [4.78, 5) is 24.7. The zero-order valence-corrected chi connectivity index (χ0v) is 15.9. The number of aryl methyl sites for hydroxylation is 1. The Balaban J connectivity index is 1.62. The summed E-state index contributed by atoms with van der Waals surface area (Å²) in [5.74, 6) is 0.732. The molecule has 2 heterocycles. The van der Waals surface area contributed by atoms with Crippen molar-refractivity contribution in [1.82, 2.24) is 19.8 Å². The third-order valence-corrected chi connectivity index (χ3v) is 4.70. The molecule has 146 valence electrons. The van der Waals surface area contributed by atoms with Crippen LogP contribution in [0.2, 0.25) is 0 Å². The Kier molecular flexibility index (Phi) is 5.89. The maximum Gasteiger partial charge on any atom is 0.293 e. The number of hydrogen-bond donors (Lipinski definition) is 1. The molecule has 0 aliphatic carbocycles. The molecular weight excluding hydrogens is 361 g/mol. The third kappa shape index (κ3) is 4.11. The van der Waals surface area contributed by atoms with Gasteiger partial charge >= 0.3 is 0 Å². The van der Waals surface area contributed by atoms with Gasteiger partial charge in [-0.05, 0) is 18.2 Å². The molecule has 28 heavy (non-hydrogen) atoms. The number of aliphatic imine (C=N–C) groups is 1. The van der Waals surface area contributed by atoms with Crippen molar-refractivity contribution in [2.45, 2.75) is 6.54 Å². The minimum absolute atomic E-state index is 0.119. The van der Waals surface area contributed by atoms with Crippen molar-refractivity contribution in [3.63, 3.8) is 0 Å². The highest BCUT2D eigenvalue weighted by Gasteiger charge is 2.22. The number of halogens is 1. The van der Waals surface area contributed by atoms with Crippen molar-refractivity contribution < 1.29 is 4.39 Å². The van der Waals surface area contributed by atoms with Gasteiger partial charge in [0.15, 0.2) is 11.8 Å². The van der Waals surface area contributed by atoms with Crippen LogP contribution >= 0.6 is 0 Å². The Morgan fingerprint density at radius 3 is 2.79 bits per heavy atom. The van der Waals surface area contributed by atoms with Crippen LogP contribution in [-0.4, -0.2) is 53.6 Å². The van der Waals surface area contributed by atoms with Gasteiger partial charge in [0.25, 0.3) is 5.56 Å². The van der Waals surface area contributed by atoms with E-state index in [0.717, 1.165) is 0 Å². The van der Waals surface area contributed by atoms with E-state index in [1.165, 1.54) is 22.8 Å². The van der Waals surface area contributed by atoms with Crippen LogP contribution in [0.1, 0.15) is 11.1 Å². The van der Waals surface area contributed by atoms with Gasteiger partial charge in [-0.1, -0.05) is 0 Å². The monoisotopic (exact) mass is 383 g/mol. The predicted octanol–water partition coefficient (Wildman–Crippen LogP) is 0.689. The van der Waals surface area contributed by atoms with Crippen molar-refractivity contribution in [1.29, 1.82) is 5.26 Å². The van der Waals surface area contributed by atoms with Crippen LogP contribution < -0.4 is 15.8 Å². The van der Waals surface area contributed by atoms with Gasteiger partial charge in [-0.3, -0.25) is 9.79 Å². The van der Waals surface area contributed by atoms with Crippen LogP contribution in [0.4, 0.5) is 10.2 Å². The number of aromatic nitrogens is 2. The SMILES string of the molecule is CN=C(NCc1cc(C#N)ccc1F)N1CCN(c2nccn(C)c2=O)CC1. The topological polar surface area (TPSA) is 89.6 Å². The number of guanidine groups is 1. The summed E-state index contributed by atoms with van der Waals surface area (Å²) < 4.78 is 15.5. The number of nitrogens with one attached hydrogen (secondary N) is 1. The largest absolute Gasteiger partial charge is 0.352 e. The first kappa shape index (κ1) is 19.4. The van der Waals surface area contributed by atoms with Gasteiger partial charge in [0.05, 0.1) is 11.6 Å². The molecule has 8 nitrogen and oxygen atoms in total. The van der Waals surface area contributed by atoms with Crippen LogP contribution in [0, 0.1) is 17.1 Å². The zero-order valence-electron chi connectivity index (χ0n) is 15.9. The van der Waals surface area contributed by atoms with Crippen molar-refractivity contribution in [2.24, 2.45) is 12.0 Å². The van der Waals surface area contributed by atoms with E-state index in [1.54, 1.807) is 26.5 Å². The molecule has 1 aromatic carbocycles. The van der Waals surface area contributed by atoms with Crippen LogP contribution in [0.5, 0.6) is 0 Å². The molecule has 0 atom stereocenters. The molecule has 0 spiro atoms. The summed E-state index contributed by atoms with van der Waals surface area (Å²) in [6.07, 6.45) is 3.25. The van der Waals surface area contributed by atoms with E-state index in [0.29, 0.717) is 49.1 Å². The Hall–Kier alpha value is -3.41. The molecule has 1 fully saturated rings. The quantitative estimate of drug-likeness (QED) is 0.620. The second kappa shape index (κ2) is 8.52. The molecule has 0 amide bonds. The number of piperazine rings is 1. The standard InChI is InChI=1S/C19H22FN7O/c1-22-19(24-13-15-11-14(12-21)3-4-16(15)20)27-9-7-26(8-10-27)17-18(28)25(2)6-5-23-17/h3-6,11H,7-10,13H2,1-2H3,(H,22,24). The highest BCUT2D eigenvalue weighted by molar-refractivity contribution is 5.80. The first-order chi connectivity index (χ1) is 13.5. The number of nitriles is 1. The number of hydrogen-bond acceptors (Lipinski definition) is 5. The third-order valence-electron chi connectivity index (χ3n) is 4.70. The lowest BCUT2D eigenvalue weighted by Gasteiger charge is -2.36. The number of rotatable bonds is 3. The van der Waals surface area contributed by atoms with Gasteiger partial charge < -0.3 is 19.7 Å². The maximum atomic E-state index is 14.0. The molecule has 1 aromatic heterocycles. The molecule has 1 saturated heterocycles. The second-order valence-electron chi connectivity index (χ2n) is 6.46. The Bertz CT molecular complexity index is 971. The Labute approximate surface area is 162 Å². The van der Waals surface area contributed by atoms with Crippen molar-refractivity contribution in [2.75, 3.05) is 38.1 Å². The molecule has 1 N–H and O–H groups in total. The zero-order chi connectivity index (χ0) is 20.1. The summed E-state index contributed by atoms with van der Waals surface area (Å²) in [5.41, 5.74) is 0.709. The highest BCUT2D eigenvalue weighted by atomic mass is 19.1. The van der Waals surface area contributed by atoms with Crippen LogP contribution in [0.25, 0.3) is 0 Å². The first-order valence-electron chi connectivity index (χ1n) is 8.94. The van der Waals surface area contributed by atoms with E-state index in [2.05, 4.69) is 20.2 Å². The molecule has 3 rings (SSSR count). The van der Waals surface area contributed by atoms with E-state index in [1.807, 2.05) is 11.0 Å².